The van der Waals surface area contributed by atoms with Crippen LogP contribution in [0.25, 0.3) is 11.0 Å². The summed E-state index contributed by atoms with van der Waals surface area (Å²) in [6, 6.07) is 4.11. The Morgan fingerprint density at radius 2 is 2.07 bits per heavy atom. The molecule has 3 rings (SSSR count). The molecular weight excluding hydrogens is 384 g/mol. The third kappa shape index (κ3) is 4.29. The van der Waals surface area contributed by atoms with E-state index in [0.717, 1.165) is 27.9 Å². The average molecular weight is 415 g/mol. The molecule has 0 aliphatic rings. The smallest absolute Gasteiger partial charge is 0.242 e. The summed E-state index contributed by atoms with van der Waals surface area (Å²) in [4.78, 5) is 18.7. The molecule has 0 saturated heterocycles. The van der Waals surface area contributed by atoms with Crippen molar-refractivity contribution in [1.82, 2.24) is 20.1 Å². The number of aryl methyl sites for hydroxylation is 3. The second-order valence-corrected chi connectivity index (χ2v) is 9.49. The molecule has 3 aromatic rings. The second kappa shape index (κ2) is 8.14. The van der Waals surface area contributed by atoms with Crippen molar-refractivity contribution in [2.24, 2.45) is 12.5 Å². The fraction of sp³-hybridized carbons (Fsp3) is 0.500. The van der Waals surface area contributed by atoms with Crippen molar-refractivity contribution in [3.05, 3.63) is 39.2 Å². The summed E-state index contributed by atoms with van der Waals surface area (Å²) in [7, 11) is 3.48. The van der Waals surface area contributed by atoms with Crippen LogP contribution in [-0.4, -0.2) is 27.8 Å². The summed E-state index contributed by atoms with van der Waals surface area (Å²) >= 11 is 1.68. The van der Waals surface area contributed by atoms with E-state index in [1.54, 1.807) is 23.1 Å². The Balaban J connectivity index is 1.80. The van der Waals surface area contributed by atoms with Crippen molar-refractivity contribution >= 4 is 28.3 Å². The lowest BCUT2D eigenvalue weighted by Crippen LogP contribution is -2.36. The SMILES string of the molecule is COc1nn(C)c2nc(C)c(CCC(=O)NC(c3cccs3)C(C)(C)C)c(C)c12. The van der Waals surface area contributed by atoms with Crippen LogP contribution in [0.1, 0.15) is 54.9 Å². The van der Waals surface area contributed by atoms with Gasteiger partial charge in [-0.3, -0.25) is 4.79 Å². The first-order valence-corrected chi connectivity index (χ1v) is 10.7. The van der Waals surface area contributed by atoms with Gasteiger partial charge < -0.3 is 10.1 Å². The molecule has 0 aliphatic carbocycles. The Labute approximate surface area is 176 Å². The van der Waals surface area contributed by atoms with Gasteiger partial charge in [0.05, 0.1) is 18.5 Å². The lowest BCUT2D eigenvalue weighted by Gasteiger charge is -2.31. The van der Waals surface area contributed by atoms with Gasteiger partial charge in [0.15, 0.2) is 5.65 Å². The zero-order chi connectivity index (χ0) is 21.3. The van der Waals surface area contributed by atoms with Crippen LogP contribution in [0.2, 0.25) is 0 Å². The molecule has 0 saturated carbocycles. The minimum absolute atomic E-state index is 0.00350. The molecule has 1 atom stereocenters. The number of methoxy groups -OCH3 is 1. The van der Waals surface area contributed by atoms with Crippen molar-refractivity contribution in [2.75, 3.05) is 7.11 Å². The van der Waals surface area contributed by atoms with Gasteiger partial charge in [0.25, 0.3) is 0 Å². The number of hydrogen-bond donors (Lipinski definition) is 1. The van der Waals surface area contributed by atoms with Crippen LogP contribution in [0.15, 0.2) is 17.5 Å². The van der Waals surface area contributed by atoms with Crippen LogP contribution >= 0.6 is 11.3 Å². The highest BCUT2D eigenvalue weighted by Gasteiger charge is 2.28. The molecule has 3 heterocycles. The first-order chi connectivity index (χ1) is 13.6. The molecule has 156 valence electrons. The van der Waals surface area contributed by atoms with E-state index in [4.69, 9.17) is 9.72 Å². The van der Waals surface area contributed by atoms with E-state index in [1.807, 2.05) is 20.0 Å². The first-order valence-electron chi connectivity index (χ1n) is 9.83. The number of carbonyl (C=O) groups excluding carboxylic acids is 1. The van der Waals surface area contributed by atoms with Gasteiger partial charge in [0.2, 0.25) is 11.8 Å². The Morgan fingerprint density at radius 3 is 2.66 bits per heavy atom. The van der Waals surface area contributed by atoms with Gasteiger partial charge in [-0.25, -0.2) is 9.67 Å². The van der Waals surface area contributed by atoms with E-state index in [0.29, 0.717) is 18.7 Å². The quantitative estimate of drug-likeness (QED) is 0.645. The predicted molar refractivity (Wildman–Crippen MR) is 118 cm³/mol. The minimum Gasteiger partial charge on any atom is -0.479 e. The van der Waals surface area contributed by atoms with Crippen LogP contribution in [0.4, 0.5) is 0 Å². The van der Waals surface area contributed by atoms with Crippen LogP contribution in [0.3, 0.4) is 0 Å². The third-order valence-corrected chi connectivity index (χ3v) is 6.25. The maximum atomic E-state index is 12.8. The topological polar surface area (TPSA) is 69.0 Å². The summed E-state index contributed by atoms with van der Waals surface area (Å²) in [5.41, 5.74) is 3.84. The summed E-state index contributed by atoms with van der Waals surface area (Å²) < 4.78 is 7.17. The predicted octanol–water partition coefficient (Wildman–Crippen LogP) is 4.49. The molecule has 0 aromatic carbocycles. The van der Waals surface area contributed by atoms with Crippen molar-refractivity contribution in [3.8, 4) is 5.88 Å². The fourth-order valence-corrected chi connectivity index (χ4v) is 4.77. The second-order valence-electron chi connectivity index (χ2n) is 8.51. The van der Waals surface area contributed by atoms with E-state index in [-0.39, 0.29) is 17.4 Å². The number of pyridine rings is 1. The monoisotopic (exact) mass is 414 g/mol. The molecule has 0 bridgehead atoms. The van der Waals surface area contributed by atoms with Gasteiger partial charge in [0, 0.05) is 24.0 Å². The van der Waals surface area contributed by atoms with Crippen molar-refractivity contribution in [1.29, 1.82) is 0 Å². The number of nitrogens with zero attached hydrogens (tertiary/aromatic N) is 3. The zero-order valence-corrected chi connectivity index (χ0v) is 19.1. The molecule has 29 heavy (non-hydrogen) atoms. The molecule has 0 spiro atoms. The Bertz CT molecular complexity index is 1020. The largest absolute Gasteiger partial charge is 0.479 e. The maximum Gasteiger partial charge on any atom is 0.242 e. The number of fused-ring (bicyclic) bond motifs is 1. The van der Waals surface area contributed by atoms with E-state index < -0.39 is 0 Å². The van der Waals surface area contributed by atoms with E-state index >= 15 is 0 Å². The van der Waals surface area contributed by atoms with Gasteiger partial charge in [-0.2, -0.15) is 0 Å². The van der Waals surface area contributed by atoms with Crippen molar-refractivity contribution < 1.29 is 9.53 Å². The molecule has 0 aliphatic heterocycles. The van der Waals surface area contributed by atoms with E-state index in [9.17, 15) is 4.79 Å². The van der Waals surface area contributed by atoms with Crippen LogP contribution < -0.4 is 10.1 Å². The molecule has 1 unspecified atom stereocenters. The summed E-state index contributed by atoms with van der Waals surface area (Å²) in [5, 5.41) is 10.6. The first kappa shape index (κ1) is 21.3. The van der Waals surface area contributed by atoms with Gasteiger partial charge >= 0.3 is 0 Å². The number of amides is 1. The van der Waals surface area contributed by atoms with Crippen LogP contribution in [0.5, 0.6) is 5.88 Å². The molecule has 6 nitrogen and oxygen atoms in total. The van der Waals surface area contributed by atoms with Gasteiger partial charge in [-0.1, -0.05) is 26.8 Å². The van der Waals surface area contributed by atoms with Crippen molar-refractivity contribution in [3.63, 3.8) is 0 Å². The Kier molecular flexibility index (Phi) is 5.98. The summed E-state index contributed by atoms with van der Waals surface area (Å²) in [6.07, 6.45) is 1.04. The van der Waals surface area contributed by atoms with Gasteiger partial charge in [0.1, 0.15) is 0 Å². The van der Waals surface area contributed by atoms with Crippen molar-refractivity contribution in [2.45, 2.75) is 53.5 Å². The maximum absolute atomic E-state index is 12.8. The number of rotatable bonds is 6. The summed E-state index contributed by atoms with van der Waals surface area (Å²) in [6.45, 7) is 10.5. The number of ether oxygens (including phenoxy) is 1. The zero-order valence-electron chi connectivity index (χ0n) is 18.3. The minimum atomic E-state index is -0.0596. The molecular formula is C22H30N4O2S. The molecule has 7 heteroatoms. The number of aromatic nitrogens is 3. The lowest BCUT2D eigenvalue weighted by atomic mass is 9.85. The number of hydrogen-bond acceptors (Lipinski definition) is 5. The molecule has 3 aromatic heterocycles. The third-order valence-electron chi connectivity index (χ3n) is 5.32. The molecule has 1 amide bonds. The molecule has 1 N–H and O–H groups in total. The Hall–Kier alpha value is -2.41. The van der Waals surface area contributed by atoms with Gasteiger partial charge in [-0.15, -0.1) is 16.4 Å². The van der Waals surface area contributed by atoms with Crippen LogP contribution in [-0.2, 0) is 18.3 Å². The lowest BCUT2D eigenvalue weighted by molar-refractivity contribution is -0.122. The number of thiophene rings is 1. The standard InChI is InChI=1S/C22H30N4O2S/c1-13-15(14(2)23-20-18(13)21(28-7)25-26(20)6)10-11-17(27)24-19(22(3,4)5)16-9-8-12-29-16/h8-9,12,19H,10-11H2,1-7H3,(H,24,27). The van der Waals surface area contributed by atoms with E-state index in [2.05, 4.69) is 49.6 Å². The van der Waals surface area contributed by atoms with Gasteiger partial charge in [-0.05, 0) is 48.3 Å². The number of carbonyl (C=O) groups is 1. The normalized spacial score (nSPS) is 12.9. The molecule has 0 fully saturated rings. The fourth-order valence-electron chi connectivity index (χ4n) is 3.75. The highest BCUT2D eigenvalue weighted by molar-refractivity contribution is 7.10. The average Bonchev–Trinajstić information content (AvgIpc) is 3.27. The molecule has 0 radical (unpaired) electrons. The van der Waals surface area contributed by atoms with E-state index in [1.165, 1.54) is 4.88 Å². The number of nitrogens with one attached hydrogen (secondary N) is 1. The summed E-state index contributed by atoms with van der Waals surface area (Å²) in [5.74, 6) is 0.624. The Morgan fingerprint density at radius 1 is 1.34 bits per heavy atom. The van der Waals surface area contributed by atoms with Crippen LogP contribution in [0, 0.1) is 19.3 Å². The highest BCUT2D eigenvalue weighted by atomic mass is 32.1. The highest BCUT2D eigenvalue weighted by Crippen LogP contribution is 2.35.